The van der Waals surface area contributed by atoms with Gasteiger partial charge in [-0.3, -0.25) is 0 Å². The molecular weight excluding hydrogens is 296 g/mol. The Balaban J connectivity index is 1.60. The van der Waals surface area contributed by atoms with Gasteiger partial charge in [0, 0.05) is 0 Å². The molecule has 3 rings (SSSR count). The fourth-order valence-corrected chi connectivity index (χ4v) is 6.49. The van der Waals surface area contributed by atoms with Gasteiger partial charge in [-0.1, -0.05) is 0 Å². The van der Waals surface area contributed by atoms with Crippen molar-refractivity contribution >= 4 is 23.5 Å². The molecule has 3 aliphatic heterocycles. The van der Waals surface area contributed by atoms with Gasteiger partial charge in [0.25, 0.3) is 0 Å². The third-order valence-electron chi connectivity index (χ3n) is 3.87. The minimum absolute atomic E-state index is 0.217. The highest BCUT2D eigenvalue weighted by Gasteiger charge is 2.40. The fraction of sp³-hybridized carbons (Fsp3) is 1.00. The maximum absolute atomic E-state index is 5.87. The van der Waals surface area contributed by atoms with Gasteiger partial charge in [-0.25, -0.2) is 0 Å². The second-order valence-electron chi connectivity index (χ2n) is 5.50. The normalized spacial score (nSPS) is 34.8. The Morgan fingerprint density at radius 2 is 1.35 bits per heavy atom. The molecule has 3 aliphatic rings. The number of hydrogen-bond donors (Lipinski definition) is 0. The number of thioether (sulfide) groups is 2. The zero-order chi connectivity index (χ0) is 13.7. The van der Waals surface area contributed by atoms with Crippen LogP contribution >= 0.6 is 23.5 Å². The largest absolute Gasteiger partial charge is 0.376 e. The molecule has 0 bridgehead atoms. The summed E-state index contributed by atoms with van der Waals surface area (Å²) in [5, 5.41) is 0. The van der Waals surface area contributed by atoms with E-state index < -0.39 is 0 Å². The summed E-state index contributed by atoms with van der Waals surface area (Å²) in [6.45, 7) is 4.43. The van der Waals surface area contributed by atoms with E-state index in [1.165, 1.54) is 17.9 Å². The van der Waals surface area contributed by atoms with Crippen molar-refractivity contribution in [3.05, 3.63) is 0 Å². The van der Waals surface area contributed by atoms with E-state index in [1.54, 1.807) is 0 Å². The van der Waals surface area contributed by atoms with Gasteiger partial charge in [0.05, 0.1) is 55.9 Å². The molecule has 6 heteroatoms. The molecule has 0 amide bonds. The number of hydrogen-bond acceptors (Lipinski definition) is 6. The number of rotatable bonds is 4. The molecule has 0 unspecified atom stereocenters. The van der Waals surface area contributed by atoms with Gasteiger partial charge in [-0.2, -0.15) is 0 Å². The van der Waals surface area contributed by atoms with E-state index in [-0.39, 0.29) is 16.3 Å². The minimum Gasteiger partial charge on any atom is -0.376 e. The molecule has 0 radical (unpaired) electrons. The summed E-state index contributed by atoms with van der Waals surface area (Å²) >= 11 is 4.18. The van der Waals surface area contributed by atoms with Gasteiger partial charge in [0.2, 0.25) is 0 Å². The third kappa shape index (κ3) is 4.27. The molecule has 4 nitrogen and oxygen atoms in total. The Hall–Kier alpha value is 0.540. The summed E-state index contributed by atoms with van der Waals surface area (Å²) < 4.78 is 23.1. The first-order chi connectivity index (χ1) is 9.86. The summed E-state index contributed by atoms with van der Waals surface area (Å²) in [4.78, 5) is 0. The molecule has 3 saturated heterocycles. The molecule has 0 aromatic rings. The fourth-order valence-electron chi connectivity index (χ4n) is 2.94. The van der Waals surface area contributed by atoms with Crippen molar-refractivity contribution < 1.29 is 18.9 Å². The van der Waals surface area contributed by atoms with Crippen molar-refractivity contribution in [1.29, 1.82) is 0 Å². The van der Waals surface area contributed by atoms with Crippen molar-refractivity contribution in [2.45, 2.75) is 35.5 Å². The van der Waals surface area contributed by atoms with Crippen LogP contribution in [-0.4, -0.2) is 67.4 Å². The third-order valence-corrected chi connectivity index (χ3v) is 7.28. The summed E-state index contributed by atoms with van der Waals surface area (Å²) in [5.41, 5.74) is 0. The molecule has 0 saturated carbocycles. The molecule has 3 heterocycles. The lowest BCUT2D eigenvalue weighted by atomic mass is 10.1. The minimum atomic E-state index is 0.217. The smallest absolute Gasteiger partial charge is 0.0831 e. The van der Waals surface area contributed by atoms with Crippen molar-refractivity contribution in [2.75, 3.05) is 51.1 Å². The quantitative estimate of drug-likeness (QED) is 0.790. The number of ether oxygens (including phenoxy) is 4. The lowest BCUT2D eigenvalue weighted by molar-refractivity contribution is -0.103. The van der Waals surface area contributed by atoms with E-state index in [9.17, 15) is 0 Å². The van der Waals surface area contributed by atoms with E-state index in [0.29, 0.717) is 0 Å². The zero-order valence-corrected chi connectivity index (χ0v) is 13.5. The van der Waals surface area contributed by atoms with Crippen LogP contribution in [0.25, 0.3) is 0 Å². The van der Waals surface area contributed by atoms with Gasteiger partial charge in [0.1, 0.15) is 0 Å². The summed E-state index contributed by atoms with van der Waals surface area (Å²) in [5.74, 6) is 2.49. The second-order valence-corrected chi connectivity index (χ2v) is 8.72. The molecule has 0 N–H and O–H groups in total. The van der Waals surface area contributed by atoms with Crippen LogP contribution in [0.2, 0.25) is 0 Å². The van der Waals surface area contributed by atoms with Gasteiger partial charge < -0.3 is 18.9 Å². The maximum Gasteiger partial charge on any atom is 0.0831 e. The van der Waals surface area contributed by atoms with Crippen molar-refractivity contribution in [1.82, 2.24) is 0 Å². The van der Waals surface area contributed by atoms with Crippen molar-refractivity contribution in [2.24, 2.45) is 0 Å². The predicted octanol–water partition coefficient (Wildman–Crippen LogP) is 2.16. The Labute approximate surface area is 129 Å². The molecule has 20 heavy (non-hydrogen) atoms. The van der Waals surface area contributed by atoms with Gasteiger partial charge in [0.15, 0.2) is 0 Å². The molecular formula is C14H24O4S2. The molecule has 116 valence electrons. The van der Waals surface area contributed by atoms with E-state index >= 15 is 0 Å². The van der Waals surface area contributed by atoms with Crippen LogP contribution in [0.15, 0.2) is 0 Å². The average Bonchev–Trinajstić information content (AvgIpc) is 2.50. The lowest BCUT2D eigenvalue weighted by Crippen LogP contribution is -2.41. The predicted molar refractivity (Wildman–Crippen MR) is 82.6 cm³/mol. The maximum atomic E-state index is 5.87. The lowest BCUT2D eigenvalue weighted by Gasteiger charge is -2.41. The SMILES string of the molecule is C1CSC(C[C@H]2COCCO2)(C[C@@H]2COCCO2)SC1. The molecule has 0 aliphatic carbocycles. The first kappa shape index (κ1) is 15.4. The molecule has 0 spiro atoms. The van der Waals surface area contributed by atoms with E-state index in [1.807, 2.05) is 0 Å². The van der Waals surface area contributed by atoms with Crippen LogP contribution in [0.4, 0.5) is 0 Å². The molecule has 0 aromatic carbocycles. The van der Waals surface area contributed by atoms with E-state index in [2.05, 4.69) is 23.5 Å². The van der Waals surface area contributed by atoms with Crippen LogP contribution in [0.3, 0.4) is 0 Å². The van der Waals surface area contributed by atoms with Crippen LogP contribution in [0, 0.1) is 0 Å². The second kappa shape index (κ2) is 7.70. The van der Waals surface area contributed by atoms with Crippen molar-refractivity contribution in [3.63, 3.8) is 0 Å². The van der Waals surface area contributed by atoms with Gasteiger partial charge >= 0.3 is 0 Å². The van der Waals surface area contributed by atoms with Crippen LogP contribution in [0.1, 0.15) is 19.3 Å². The summed E-state index contributed by atoms with van der Waals surface area (Å²) in [6.07, 6.45) is 3.91. The zero-order valence-electron chi connectivity index (χ0n) is 11.9. The topological polar surface area (TPSA) is 36.9 Å². The molecule has 3 fully saturated rings. The van der Waals surface area contributed by atoms with E-state index in [0.717, 1.165) is 52.5 Å². The van der Waals surface area contributed by atoms with Crippen LogP contribution < -0.4 is 0 Å². The average molecular weight is 320 g/mol. The first-order valence-electron chi connectivity index (χ1n) is 7.53. The van der Waals surface area contributed by atoms with Gasteiger partial charge in [-0.15, -0.1) is 23.5 Å². The standard InChI is InChI=1S/C14H24O4S2/c1-6-19-14(20-7-1,8-12-10-15-2-4-17-12)9-13-11-16-3-5-18-13/h12-13H,1-11H2/t12-,13+. The Bertz CT molecular complexity index is 263. The van der Waals surface area contributed by atoms with Crippen LogP contribution in [0.5, 0.6) is 0 Å². The Morgan fingerprint density at radius 1 is 0.800 bits per heavy atom. The van der Waals surface area contributed by atoms with Crippen LogP contribution in [-0.2, 0) is 18.9 Å². The first-order valence-corrected chi connectivity index (χ1v) is 9.50. The van der Waals surface area contributed by atoms with Gasteiger partial charge in [-0.05, 0) is 30.8 Å². The monoisotopic (exact) mass is 320 g/mol. The van der Waals surface area contributed by atoms with E-state index in [4.69, 9.17) is 18.9 Å². The molecule has 0 aromatic heterocycles. The Morgan fingerprint density at radius 3 is 1.80 bits per heavy atom. The highest BCUT2D eigenvalue weighted by atomic mass is 32.2. The highest BCUT2D eigenvalue weighted by Crippen LogP contribution is 2.49. The molecule has 2 atom stereocenters. The Kier molecular flexibility index (Phi) is 5.94. The summed E-state index contributed by atoms with van der Waals surface area (Å²) in [7, 11) is 0. The van der Waals surface area contributed by atoms with Crippen molar-refractivity contribution in [3.8, 4) is 0 Å². The highest BCUT2D eigenvalue weighted by molar-refractivity contribution is 8.18. The summed E-state index contributed by atoms with van der Waals surface area (Å²) in [6, 6.07) is 0.